The van der Waals surface area contributed by atoms with Crippen LogP contribution in [0.5, 0.6) is 0 Å². The summed E-state index contributed by atoms with van der Waals surface area (Å²) < 4.78 is 5.67. The van der Waals surface area contributed by atoms with E-state index in [0.717, 1.165) is 24.0 Å². The minimum absolute atomic E-state index is 0.0232. The van der Waals surface area contributed by atoms with Crippen LogP contribution in [0.3, 0.4) is 0 Å². The highest BCUT2D eigenvalue weighted by molar-refractivity contribution is 5.79. The number of hydrogen-bond acceptors (Lipinski definition) is 4. The first-order chi connectivity index (χ1) is 12.0. The van der Waals surface area contributed by atoms with E-state index in [1.807, 2.05) is 33.8 Å². The fourth-order valence-electron chi connectivity index (χ4n) is 4.89. The summed E-state index contributed by atoms with van der Waals surface area (Å²) in [6.07, 6.45) is 4.65. The fraction of sp³-hybridized carbons (Fsp3) is 0.727. The predicted octanol–water partition coefficient (Wildman–Crippen LogP) is 4.22. The minimum Gasteiger partial charge on any atom is -0.459 e. The van der Waals surface area contributed by atoms with E-state index < -0.39 is 11.7 Å². The van der Waals surface area contributed by atoms with Crippen molar-refractivity contribution in [2.45, 2.75) is 78.4 Å². The molecule has 4 heteroatoms. The van der Waals surface area contributed by atoms with E-state index in [9.17, 15) is 14.7 Å². The van der Waals surface area contributed by atoms with Gasteiger partial charge >= 0.3 is 5.97 Å². The molecule has 0 amide bonds. The highest BCUT2D eigenvalue weighted by atomic mass is 16.6. The third-order valence-corrected chi connectivity index (χ3v) is 6.01. The molecule has 0 bridgehead atoms. The third-order valence-electron chi connectivity index (χ3n) is 6.01. The molecule has 0 radical (unpaired) electrons. The van der Waals surface area contributed by atoms with Crippen LogP contribution in [0.2, 0.25) is 0 Å². The lowest BCUT2D eigenvalue weighted by Crippen LogP contribution is -2.44. The van der Waals surface area contributed by atoms with Crippen molar-refractivity contribution in [3.05, 3.63) is 23.8 Å². The van der Waals surface area contributed by atoms with Gasteiger partial charge in [-0.25, -0.2) is 0 Å². The van der Waals surface area contributed by atoms with Crippen LogP contribution in [-0.2, 0) is 14.3 Å². The molecule has 0 spiro atoms. The number of ketones is 1. The van der Waals surface area contributed by atoms with Crippen LogP contribution in [0.15, 0.2) is 23.8 Å². The van der Waals surface area contributed by atoms with Crippen LogP contribution in [0, 0.1) is 23.7 Å². The minimum atomic E-state index is -0.715. The van der Waals surface area contributed by atoms with Crippen molar-refractivity contribution in [3.63, 3.8) is 0 Å². The van der Waals surface area contributed by atoms with Gasteiger partial charge < -0.3 is 9.84 Å². The predicted molar refractivity (Wildman–Crippen MR) is 102 cm³/mol. The second-order valence-electron chi connectivity index (χ2n) is 8.83. The zero-order chi connectivity index (χ0) is 19.6. The molecular formula is C22H34O4. The number of fused-ring (bicyclic) bond motifs is 1. The maximum absolute atomic E-state index is 12.3. The van der Waals surface area contributed by atoms with E-state index in [1.165, 1.54) is 6.92 Å². The topological polar surface area (TPSA) is 63.6 Å². The van der Waals surface area contributed by atoms with Gasteiger partial charge in [0.05, 0.1) is 6.10 Å². The fourth-order valence-corrected chi connectivity index (χ4v) is 4.89. The van der Waals surface area contributed by atoms with Crippen molar-refractivity contribution in [3.8, 4) is 0 Å². The summed E-state index contributed by atoms with van der Waals surface area (Å²) in [5.41, 5.74) is 1.29. The van der Waals surface area contributed by atoms with Gasteiger partial charge in [0.2, 0.25) is 0 Å². The third kappa shape index (κ3) is 4.46. The first-order valence-corrected chi connectivity index (χ1v) is 9.82. The normalized spacial score (nSPS) is 32.7. The monoisotopic (exact) mass is 362 g/mol. The van der Waals surface area contributed by atoms with Crippen molar-refractivity contribution >= 4 is 11.8 Å². The van der Waals surface area contributed by atoms with Crippen LogP contribution >= 0.6 is 0 Å². The first-order valence-electron chi connectivity index (χ1n) is 9.82. The van der Waals surface area contributed by atoms with E-state index in [2.05, 4.69) is 6.58 Å². The molecule has 0 aromatic rings. The van der Waals surface area contributed by atoms with Crippen LogP contribution in [0.25, 0.3) is 0 Å². The lowest BCUT2D eigenvalue weighted by Gasteiger charge is -2.38. The first kappa shape index (κ1) is 20.9. The number of Topliss-reactive ketones (excluding diaryl/α,β-unsaturated/α-hetero) is 1. The summed E-state index contributed by atoms with van der Waals surface area (Å²) in [4.78, 5) is 23.9. The molecule has 26 heavy (non-hydrogen) atoms. The number of hydrogen-bond donors (Lipinski definition) is 1. The number of ether oxygens (including phenoxy) is 1. The number of carbonyl (C=O) groups is 2. The van der Waals surface area contributed by atoms with Gasteiger partial charge in [0.25, 0.3) is 0 Å². The van der Waals surface area contributed by atoms with E-state index >= 15 is 0 Å². The Hall–Kier alpha value is -1.42. The van der Waals surface area contributed by atoms with Crippen molar-refractivity contribution in [1.82, 2.24) is 0 Å². The van der Waals surface area contributed by atoms with Crippen LogP contribution in [-0.4, -0.2) is 28.6 Å². The Morgan fingerprint density at radius 3 is 2.58 bits per heavy atom. The molecule has 0 saturated heterocycles. The second kappa shape index (κ2) is 8.08. The number of allylic oxidation sites excluding steroid dienone is 2. The molecule has 2 rings (SSSR count). The Kier molecular flexibility index (Phi) is 6.49. The average Bonchev–Trinajstić information content (AvgIpc) is 2.75. The molecule has 0 aromatic heterocycles. The van der Waals surface area contributed by atoms with Gasteiger partial charge in [-0.3, -0.25) is 9.59 Å². The highest BCUT2D eigenvalue weighted by Crippen LogP contribution is 2.51. The van der Waals surface area contributed by atoms with Gasteiger partial charge in [-0.15, -0.1) is 0 Å². The van der Waals surface area contributed by atoms with E-state index in [-0.39, 0.29) is 29.5 Å². The van der Waals surface area contributed by atoms with Crippen molar-refractivity contribution in [2.24, 2.45) is 23.7 Å². The molecule has 1 fully saturated rings. The van der Waals surface area contributed by atoms with Crippen molar-refractivity contribution in [1.29, 1.82) is 0 Å². The summed E-state index contributed by atoms with van der Waals surface area (Å²) in [6.45, 7) is 13.7. The van der Waals surface area contributed by atoms with Gasteiger partial charge in [-0.2, -0.15) is 0 Å². The molecule has 146 valence electrons. The Morgan fingerprint density at radius 1 is 1.35 bits per heavy atom. The number of esters is 1. The Bertz CT molecular complexity index is 603. The molecule has 0 aliphatic heterocycles. The molecule has 0 aromatic carbocycles. The molecule has 1 N–H and O–H groups in total. The van der Waals surface area contributed by atoms with Gasteiger partial charge in [-0.1, -0.05) is 39.0 Å². The molecule has 0 heterocycles. The maximum atomic E-state index is 12.3. The molecule has 2 aliphatic rings. The lowest BCUT2D eigenvalue weighted by atomic mass is 9.76. The van der Waals surface area contributed by atoms with E-state index in [4.69, 9.17) is 4.74 Å². The Labute approximate surface area is 157 Å². The largest absolute Gasteiger partial charge is 0.459 e. The standard InChI is InChI=1S/C22H34O4/c1-13(2)11-17(24)12-15(4)19-8-7-14(3)18-9-10-22(6,26-16(5)23)20(18)21(19)25/h8,13,15,18,20-21,25H,3,7,9-12H2,1-2,4-6H3/t15-,18-,20+,21+,22-/m0/s1. The summed E-state index contributed by atoms with van der Waals surface area (Å²) >= 11 is 0. The molecule has 0 unspecified atom stereocenters. The SMILES string of the molecule is C=C1CC=C([C@@H](C)CC(=O)CC(C)C)[C@@H](O)[C@H]2[C@H]1CC[C@]2(C)OC(C)=O. The van der Waals surface area contributed by atoms with E-state index in [1.54, 1.807) is 0 Å². The highest BCUT2D eigenvalue weighted by Gasteiger charge is 2.53. The van der Waals surface area contributed by atoms with Gasteiger partial charge in [0, 0.05) is 25.7 Å². The summed E-state index contributed by atoms with van der Waals surface area (Å²) in [7, 11) is 0. The van der Waals surface area contributed by atoms with Gasteiger partial charge in [-0.05, 0) is 49.5 Å². The van der Waals surface area contributed by atoms with Crippen LogP contribution < -0.4 is 0 Å². The van der Waals surface area contributed by atoms with Gasteiger partial charge in [0.1, 0.15) is 11.4 Å². The number of aliphatic hydroxyl groups is 1. The Morgan fingerprint density at radius 2 is 2.00 bits per heavy atom. The quantitative estimate of drug-likeness (QED) is 0.567. The zero-order valence-electron chi connectivity index (χ0n) is 16.9. The summed E-state index contributed by atoms with van der Waals surface area (Å²) in [5, 5.41) is 11.2. The van der Waals surface area contributed by atoms with Crippen molar-refractivity contribution in [2.75, 3.05) is 0 Å². The van der Waals surface area contributed by atoms with E-state index in [0.29, 0.717) is 25.2 Å². The Balaban J connectivity index is 2.25. The summed E-state index contributed by atoms with van der Waals surface area (Å²) in [5.74, 6) is 0.172. The average molecular weight is 363 g/mol. The molecule has 2 aliphatic carbocycles. The van der Waals surface area contributed by atoms with Crippen LogP contribution in [0.1, 0.15) is 66.7 Å². The van der Waals surface area contributed by atoms with Gasteiger partial charge in [0.15, 0.2) is 0 Å². The summed E-state index contributed by atoms with van der Waals surface area (Å²) in [6, 6.07) is 0. The number of rotatable bonds is 6. The second-order valence-corrected chi connectivity index (χ2v) is 8.83. The molecular weight excluding hydrogens is 328 g/mol. The van der Waals surface area contributed by atoms with Crippen LogP contribution in [0.4, 0.5) is 0 Å². The smallest absolute Gasteiger partial charge is 0.303 e. The zero-order valence-corrected chi connectivity index (χ0v) is 16.9. The number of aliphatic hydroxyl groups excluding tert-OH is 1. The molecule has 4 nitrogen and oxygen atoms in total. The maximum Gasteiger partial charge on any atom is 0.303 e. The molecule has 5 atom stereocenters. The molecule has 1 saturated carbocycles. The van der Waals surface area contributed by atoms with Crippen molar-refractivity contribution < 1.29 is 19.4 Å². The number of carbonyl (C=O) groups excluding carboxylic acids is 2. The lowest BCUT2D eigenvalue weighted by molar-refractivity contribution is -0.163.